The summed E-state index contributed by atoms with van der Waals surface area (Å²) in [6, 6.07) is 12.4. The molecule has 4 rings (SSSR count). The van der Waals surface area contributed by atoms with Gasteiger partial charge in [0.2, 0.25) is 0 Å². The first-order chi connectivity index (χ1) is 13.9. The first-order valence-corrected chi connectivity index (χ1v) is 11.4. The monoisotopic (exact) mass is 431 g/mol. The van der Waals surface area contributed by atoms with Crippen LogP contribution in [0.4, 0.5) is 10.5 Å². The van der Waals surface area contributed by atoms with E-state index in [9.17, 15) is 13.2 Å². The van der Waals surface area contributed by atoms with Crippen molar-refractivity contribution >= 4 is 33.1 Å². The molecule has 8 nitrogen and oxygen atoms in total. The van der Waals surface area contributed by atoms with Gasteiger partial charge in [0.05, 0.1) is 5.69 Å². The third-order valence-corrected chi connectivity index (χ3v) is 8.07. The van der Waals surface area contributed by atoms with E-state index in [1.165, 1.54) is 15.6 Å². The Morgan fingerprint density at radius 2 is 1.90 bits per heavy atom. The molecule has 1 aromatic carbocycles. The van der Waals surface area contributed by atoms with E-state index in [1.807, 2.05) is 43.5 Å². The molecule has 0 spiro atoms. The quantitative estimate of drug-likeness (QED) is 0.688. The van der Waals surface area contributed by atoms with Gasteiger partial charge in [0, 0.05) is 49.1 Å². The third kappa shape index (κ3) is 4.19. The minimum Gasteiger partial charge on any atom is -0.322 e. The molecule has 1 aliphatic heterocycles. The van der Waals surface area contributed by atoms with E-state index in [2.05, 4.69) is 10.4 Å². The van der Waals surface area contributed by atoms with E-state index in [4.69, 9.17) is 0 Å². The molecule has 2 amide bonds. The summed E-state index contributed by atoms with van der Waals surface area (Å²) in [5, 5.41) is 7.07. The molecular formula is C19H21N5O3S2. The lowest BCUT2D eigenvalue weighted by atomic mass is 10.3. The molecule has 152 valence electrons. The van der Waals surface area contributed by atoms with Crippen LogP contribution >= 0.6 is 11.3 Å². The number of nitrogens with one attached hydrogen (secondary N) is 1. The van der Waals surface area contributed by atoms with E-state index in [1.54, 1.807) is 27.9 Å². The second-order valence-electron chi connectivity index (χ2n) is 6.69. The van der Waals surface area contributed by atoms with Gasteiger partial charge < -0.3 is 10.2 Å². The van der Waals surface area contributed by atoms with Gasteiger partial charge >= 0.3 is 6.03 Å². The van der Waals surface area contributed by atoms with Gasteiger partial charge in [-0.05, 0) is 43.3 Å². The Kier molecular flexibility index (Phi) is 5.39. The fourth-order valence-electron chi connectivity index (χ4n) is 3.16. The van der Waals surface area contributed by atoms with Gasteiger partial charge in [0.15, 0.2) is 0 Å². The van der Waals surface area contributed by atoms with E-state index in [-0.39, 0.29) is 19.1 Å². The summed E-state index contributed by atoms with van der Waals surface area (Å²) in [5.74, 6) is 0. The predicted molar refractivity (Wildman–Crippen MR) is 112 cm³/mol. The van der Waals surface area contributed by atoms with Crippen molar-refractivity contribution in [1.29, 1.82) is 0 Å². The van der Waals surface area contributed by atoms with Crippen LogP contribution in [0.1, 0.15) is 4.88 Å². The number of nitrogens with zero attached hydrogens (tertiary/aromatic N) is 4. The Balaban J connectivity index is 1.38. The van der Waals surface area contributed by atoms with Gasteiger partial charge in [0.1, 0.15) is 4.21 Å². The smallest absolute Gasteiger partial charge is 0.321 e. The van der Waals surface area contributed by atoms with Gasteiger partial charge in [-0.2, -0.15) is 9.40 Å². The lowest BCUT2D eigenvalue weighted by Gasteiger charge is -2.33. The number of aromatic nitrogens is 2. The number of piperazine rings is 1. The maximum Gasteiger partial charge on any atom is 0.321 e. The normalized spacial score (nSPS) is 15.4. The number of thiophene rings is 1. The van der Waals surface area contributed by atoms with Gasteiger partial charge in [-0.3, -0.25) is 0 Å². The Bertz CT molecular complexity index is 1100. The van der Waals surface area contributed by atoms with E-state index < -0.39 is 10.0 Å². The van der Waals surface area contributed by atoms with Crippen molar-refractivity contribution in [3.63, 3.8) is 0 Å². The number of carbonyl (C=O) groups is 1. The molecule has 1 aliphatic rings. The van der Waals surface area contributed by atoms with Gasteiger partial charge in [-0.1, -0.05) is 6.07 Å². The fourth-order valence-corrected chi connectivity index (χ4v) is 6.02. The van der Waals surface area contributed by atoms with Crippen molar-refractivity contribution in [2.24, 2.45) is 0 Å². The van der Waals surface area contributed by atoms with Crippen LogP contribution in [0.15, 0.2) is 59.1 Å². The molecule has 0 bridgehead atoms. The van der Waals surface area contributed by atoms with E-state index >= 15 is 0 Å². The van der Waals surface area contributed by atoms with Crippen LogP contribution in [-0.2, 0) is 10.0 Å². The predicted octanol–water partition coefficient (Wildman–Crippen LogP) is 2.78. The lowest BCUT2D eigenvalue weighted by Crippen LogP contribution is -2.51. The molecule has 0 aliphatic carbocycles. The van der Waals surface area contributed by atoms with Crippen LogP contribution in [0.5, 0.6) is 0 Å². The van der Waals surface area contributed by atoms with Gasteiger partial charge in [-0.25, -0.2) is 17.9 Å². The maximum atomic E-state index is 12.7. The van der Waals surface area contributed by atoms with Crippen molar-refractivity contribution in [1.82, 2.24) is 19.0 Å². The highest BCUT2D eigenvalue weighted by Crippen LogP contribution is 2.25. The number of hydrogen-bond acceptors (Lipinski definition) is 5. The van der Waals surface area contributed by atoms with Crippen LogP contribution in [-0.4, -0.2) is 59.6 Å². The summed E-state index contributed by atoms with van der Waals surface area (Å²) in [7, 11) is -3.50. The molecule has 3 aromatic rings. The molecule has 1 saturated heterocycles. The highest BCUT2D eigenvalue weighted by atomic mass is 32.2. The average molecular weight is 432 g/mol. The Morgan fingerprint density at radius 3 is 2.55 bits per heavy atom. The summed E-state index contributed by atoms with van der Waals surface area (Å²) < 4.78 is 29.0. The molecule has 0 saturated carbocycles. The zero-order valence-electron chi connectivity index (χ0n) is 15.9. The van der Waals surface area contributed by atoms with Crippen molar-refractivity contribution in [3.8, 4) is 5.69 Å². The molecule has 1 N–H and O–H groups in total. The third-order valence-electron chi connectivity index (χ3n) is 4.70. The maximum absolute atomic E-state index is 12.7. The number of carbonyl (C=O) groups excluding carboxylic acids is 1. The Hall–Kier alpha value is -2.69. The topological polar surface area (TPSA) is 87.5 Å². The number of rotatable bonds is 4. The number of anilines is 1. The second-order valence-corrected chi connectivity index (χ2v) is 10.1. The van der Waals surface area contributed by atoms with Gasteiger partial charge in [-0.15, -0.1) is 11.3 Å². The molecular weight excluding hydrogens is 410 g/mol. The largest absolute Gasteiger partial charge is 0.322 e. The Morgan fingerprint density at radius 1 is 1.10 bits per heavy atom. The standard InChI is InChI=1S/C19H21N5O3S2/c1-15-6-7-18(28-15)29(26,27)23-12-10-22(11-13-23)19(25)21-16-4-2-5-17(14-16)24-9-3-8-20-24/h2-9,14H,10-13H2,1H3,(H,21,25). The second kappa shape index (κ2) is 7.97. The minimum atomic E-state index is -3.50. The van der Waals surface area contributed by atoms with Crippen molar-refractivity contribution in [2.45, 2.75) is 11.1 Å². The molecule has 0 radical (unpaired) electrons. The molecule has 1 fully saturated rings. The number of aryl methyl sites for hydroxylation is 1. The Labute approximate surface area is 173 Å². The van der Waals surface area contributed by atoms with Gasteiger partial charge in [0.25, 0.3) is 10.0 Å². The summed E-state index contributed by atoms with van der Waals surface area (Å²) in [6.07, 6.45) is 3.52. The van der Waals surface area contributed by atoms with Crippen molar-refractivity contribution in [3.05, 3.63) is 59.7 Å². The van der Waals surface area contributed by atoms with Crippen LogP contribution < -0.4 is 5.32 Å². The fraction of sp³-hybridized carbons (Fsp3) is 0.263. The molecule has 29 heavy (non-hydrogen) atoms. The molecule has 0 unspecified atom stereocenters. The number of sulfonamides is 1. The first-order valence-electron chi connectivity index (χ1n) is 9.16. The summed E-state index contributed by atoms with van der Waals surface area (Å²) in [4.78, 5) is 15.2. The molecule has 3 heterocycles. The highest BCUT2D eigenvalue weighted by Gasteiger charge is 2.31. The van der Waals surface area contributed by atoms with Crippen LogP contribution in [0.2, 0.25) is 0 Å². The number of urea groups is 1. The zero-order chi connectivity index (χ0) is 20.4. The first kappa shape index (κ1) is 19.6. The SMILES string of the molecule is Cc1ccc(S(=O)(=O)N2CCN(C(=O)Nc3cccc(-n4cccn4)c3)CC2)s1. The van der Waals surface area contributed by atoms with E-state index in [0.29, 0.717) is 23.0 Å². The van der Waals surface area contributed by atoms with E-state index in [0.717, 1.165) is 10.6 Å². The zero-order valence-corrected chi connectivity index (χ0v) is 17.5. The van der Waals surface area contributed by atoms with Crippen LogP contribution in [0.3, 0.4) is 0 Å². The van der Waals surface area contributed by atoms with Crippen molar-refractivity contribution < 1.29 is 13.2 Å². The lowest BCUT2D eigenvalue weighted by molar-refractivity contribution is 0.184. The minimum absolute atomic E-state index is 0.244. The highest BCUT2D eigenvalue weighted by molar-refractivity contribution is 7.91. The number of amides is 2. The summed E-state index contributed by atoms with van der Waals surface area (Å²) in [6.45, 7) is 3.12. The summed E-state index contributed by atoms with van der Waals surface area (Å²) in [5.41, 5.74) is 1.50. The summed E-state index contributed by atoms with van der Waals surface area (Å²) >= 11 is 1.27. The molecule has 10 heteroatoms. The van der Waals surface area contributed by atoms with Crippen molar-refractivity contribution in [2.75, 3.05) is 31.5 Å². The molecule has 2 aromatic heterocycles. The number of benzene rings is 1. The average Bonchev–Trinajstić information content (AvgIpc) is 3.40. The van der Waals surface area contributed by atoms with Crippen LogP contribution in [0, 0.1) is 6.92 Å². The molecule has 0 atom stereocenters. The van der Waals surface area contributed by atoms with Crippen LogP contribution in [0.25, 0.3) is 5.69 Å². The number of hydrogen-bond donors (Lipinski definition) is 1.